The van der Waals surface area contributed by atoms with Gasteiger partial charge in [-0.15, -0.1) is 10.2 Å². The zero-order chi connectivity index (χ0) is 23.5. The Balaban J connectivity index is 2.03. The molecule has 0 bridgehead atoms. The number of aromatic hydroxyl groups is 1. The second-order valence-electron chi connectivity index (χ2n) is 7.40. The molecule has 0 atom stereocenters. The van der Waals surface area contributed by atoms with Crippen LogP contribution in [0.3, 0.4) is 0 Å². The Bertz CT molecular complexity index is 1470. The molecule has 0 saturated heterocycles. The number of para-hydroxylation sites is 1. The van der Waals surface area contributed by atoms with Gasteiger partial charge < -0.3 is 9.84 Å². The third-order valence-electron chi connectivity index (χ3n) is 5.27. The number of hydrogen-bond acceptors (Lipinski definition) is 6. The minimum Gasteiger partial charge on any atom is -0.497 e. The Morgan fingerprint density at radius 2 is 1.48 bits per heavy atom. The van der Waals surface area contributed by atoms with Gasteiger partial charge in [-0.25, -0.2) is 0 Å². The van der Waals surface area contributed by atoms with Crippen LogP contribution in [0.15, 0.2) is 87.8 Å². The summed E-state index contributed by atoms with van der Waals surface area (Å²) in [6.07, 6.45) is 0. The summed E-state index contributed by atoms with van der Waals surface area (Å²) >= 11 is 5.67. The van der Waals surface area contributed by atoms with Crippen LogP contribution in [0, 0.1) is 18.6 Å². The van der Waals surface area contributed by atoms with Crippen LogP contribution in [0.5, 0.6) is 11.6 Å². The largest absolute Gasteiger partial charge is 0.497 e. The van der Waals surface area contributed by atoms with Crippen LogP contribution >= 0.6 is 12.2 Å². The van der Waals surface area contributed by atoms with E-state index in [1.807, 2.05) is 56.3 Å². The lowest BCUT2D eigenvalue weighted by Crippen LogP contribution is -2.23. The van der Waals surface area contributed by atoms with Gasteiger partial charge in [0, 0.05) is 0 Å². The number of benzene rings is 3. The number of ether oxygens (including phenoxy) is 1. The fourth-order valence-electron chi connectivity index (χ4n) is 3.44. The first-order valence-corrected chi connectivity index (χ1v) is 10.6. The quantitative estimate of drug-likeness (QED) is 0.289. The summed E-state index contributed by atoms with van der Waals surface area (Å²) in [5.41, 5.74) is 2.71. The topological polar surface area (TPSA) is 81.1 Å². The van der Waals surface area contributed by atoms with Crippen LogP contribution < -0.4 is 10.3 Å². The molecule has 0 amide bonds. The second kappa shape index (κ2) is 9.22. The van der Waals surface area contributed by atoms with Crippen molar-refractivity contribution in [3.05, 3.63) is 99.0 Å². The van der Waals surface area contributed by atoms with Crippen molar-refractivity contribution >= 4 is 23.6 Å². The molecular formula is C25H22N4O3S. The highest BCUT2D eigenvalue weighted by Crippen LogP contribution is 2.31. The standard InChI is InChI=1S/C25H22N4O3S/c1-16-8-4-6-10-20(16)26-27-22-23(30)28(18-12-14-19(32-3)15-13-18)25(33)29(24(22)31)21-11-7-5-9-17(21)2/h4-15,31H,1-3H3. The van der Waals surface area contributed by atoms with Crippen LogP contribution in [-0.4, -0.2) is 21.4 Å². The lowest BCUT2D eigenvalue weighted by atomic mass is 10.2. The first-order chi connectivity index (χ1) is 15.9. The van der Waals surface area contributed by atoms with E-state index < -0.39 is 5.56 Å². The van der Waals surface area contributed by atoms with Gasteiger partial charge in [0.25, 0.3) is 5.56 Å². The molecule has 0 unspecified atom stereocenters. The Labute approximate surface area is 195 Å². The Morgan fingerprint density at radius 1 is 0.848 bits per heavy atom. The Hall–Kier alpha value is -4.04. The van der Waals surface area contributed by atoms with Crippen molar-refractivity contribution in [1.82, 2.24) is 9.13 Å². The van der Waals surface area contributed by atoms with Gasteiger partial charge in [-0.05, 0) is 73.6 Å². The van der Waals surface area contributed by atoms with E-state index in [2.05, 4.69) is 10.2 Å². The number of hydrogen-bond donors (Lipinski definition) is 1. The van der Waals surface area contributed by atoms with Crippen molar-refractivity contribution in [3.63, 3.8) is 0 Å². The van der Waals surface area contributed by atoms with Crippen molar-refractivity contribution in [2.45, 2.75) is 13.8 Å². The average molecular weight is 459 g/mol. The SMILES string of the molecule is COc1ccc(-n2c(=O)c(N=Nc3ccccc3C)c(O)n(-c3ccccc3C)c2=S)cc1. The van der Waals surface area contributed by atoms with Crippen LogP contribution in [0.25, 0.3) is 11.4 Å². The Kier molecular flexibility index (Phi) is 6.19. The fraction of sp³-hybridized carbons (Fsp3) is 0.120. The summed E-state index contributed by atoms with van der Waals surface area (Å²) in [7, 11) is 1.57. The van der Waals surface area contributed by atoms with Crippen molar-refractivity contribution in [2.75, 3.05) is 7.11 Å². The summed E-state index contributed by atoms with van der Waals surface area (Å²) in [5, 5.41) is 19.5. The minimum atomic E-state index is -0.579. The first-order valence-electron chi connectivity index (χ1n) is 10.2. The summed E-state index contributed by atoms with van der Waals surface area (Å²) in [6, 6.07) is 21.7. The summed E-state index contributed by atoms with van der Waals surface area (Å²) in [5.74, 6) is 0.268. The average Bonchev–Trinajstić information content (AvgIpc) is 2.82. The van der Waals surface area contributed by atoms with Gasteiger partial charge >= 0.3 is 0 Å². The molecule has 0 aliphatic carbocycles. The number of aromatic nitrogens is 2. The zero-order valence-electron chi connectivity index (χ0n) is 18.4. The highest BCUT2D eigenvalue weighted by atomic mass is 32.1. The third-order valence-corrected chi connectivity index (χ3v) is 5.64. The molecule has 3 aromatic carbocycles. The van der Waals surface area contributed by atoms with Gasteiger partial charge in [0.2, 0.25) is 11.6 Å². The molecule has 0 aliphatic rings. The lowest BCUT2D eigenvalue weighted by Gasteiger charge is -2.17. The van der Waals surface area contributed by atoms with Gasteiger partial charge in [-0.3, -0.25) is 13.9 Å². The van der Waals surface area contributed by atoms with Gasteiger partial charge in [0.05, 0.1) is 24.2 Å². The van der Waals surface area contributed by atoms with Crippen LogP contribution in [0.2, 0.25) is 0 Å². The number of nitrogens with zero attached hydrogens (tertiary/aromatic N) is 4. The first kappa shape index (κ1) is 22.2. The third kappa shape index (κ3) is 4.20. The number of rotatable bonds is 5. The zero-order valence-corrected chi connectivity index (χ0v) is 19.2. The molecule has 1 N–H and O–H groups in total. The van der Waals surface area contributed by atoms with E-state index in [1.54, 1.807) is 37.4 Å². The van der Waals surface area contributed by atoms with Crippen molar-refractivity contribution in [3.8, 4) is 23.0 Å². The van der Waals surface area contributed by atoms with E-state index in [-0.39, 0.29) is 16.3 Å². The maximum Gasteiger partial charge on any atom is 0.290 e. The molecular weight excluding hydrogens is 436 g/mol. The molecule has 33 heavy (non-hydrogen) atoms. The maximum absolute atomic E-state index is 13.5. The van der Waals surface area contributed by atoms with Gasteiger partial charge in [0.1, 0.15) is 5.75 Å². The smallest absolute Gasteiger partial charge is 0.290 e. The van der Waals surface area contributed by atoms with Crippen molar-refractivity contribution in [2.24, 2.45) is 10.2 Å². The van der Waals surface area contributed by atoms with Crippen molar-refractivity contribution < 1.29 is 9.84 Å². The Morgan fingerprint density at radius 3 is 2.12 bits per heavy atom. The molecule has 166 valence electrons. The summed E-state index contributed by atoms with van der Waals surface area (Å²) in [4.78, 5) is 13.5. The molecule has 7 nitrogen and oxygen atoms in total. The van der Waals surface area contributed by atoms with Crippen LogP contribution in [0.4, 0.5) is 11.4 Å². The van der Waals surface area contributed by atoms with E-state index in [4.69, 9.17) is 17.0 Å². The van der Waals surface area contributed by atoms with Gasteiger partial charge in [-0.2, -0.15) is 0 Å². The normalized spacial score (nSPS) is 11.1. The molecule has 4 aromatic rings. The highest BCUT2D eigenvalue weighted by molar-refractivity contribution is 7.71. The lowest BCUT2D eigenvalue weighted by molar-refractivity contribution is 0.414. The van der Waals surface area contributed by atoms with Gasteiger partial charge in [-0.1, -0.05) is 36.4 Å². The molecule has 0 radical (unpaired) electrons. The molecule has 1 aromatic heterocycles. The van der Waals surface area contributed by atoms with E-state index in [9.17, 15) is 9.90 Å². The molecule has 0 aliphatic heterocycles. The van der Waals surface area contributed by atoms with E-state index in [0.29, 0.717) is 22.8 Å². The van der Waals surface area contributed by atoms with Crippen LogP contribution in [-0.2, 0) is 0 Å². The van der Waals surface area contributed by atoms with E-state index in [1.165, 1.54) is 9.13 Å². The molecule has 0 saturated carbocycles. The predicted octanol–water partition coefficient (Wildman–Crippen LogP) is 6.10. The second-order valence-corrected chi connectivity index (χ2v) is 7.77. The fourth-order valence-corrected chi connectivity index (χ4v) is 3.82. The van der Waals surface area contributed by atoms with E-state index >= 15 is 0 Å². The number of aryl methyl sites for hydroxylation is 2. The monoisotopic (exact) mass is 458 g/mol. The molecule has 0 spiro atoms. The molecule has 8 heteroatoms. The van der Waals surface area contributed by atoms with Gasteiger partial charge in [0.15, 0.2) is 4.77 Å². The number of methoxy groups -OCH3 is 1. The van der Waals surface area contributed by atoms with E-state index in [0.717, 1.165) is 11.1 Å². The van der Waals surface area contributed by atoms with Crippen LogP contribution in [0.1, 0.15) is 11.1 Å². The number of azo groups is 1. The predicted molar refractivity (Wildman–Crippen MR) is 131 cm³/mol. The molecule has 0 fully saturated rings. The summed E-state index contributed by atoms with van der Waals surface area (Å²) < 4.78 is 8.09. The minimum absolute atomic E-state index is 0.104. The molecule has 4 rings (SSSR count). The summed E-state index contributed by atoms with van der Waals surface area (Å²) in [6.45, 7) is 3.79. The highest BCUT2D eigenvalue weighted by Gasteiger charge is 2.20. The molecule has 1 heterocycles. The van der Waals surface area contributed by atoms with Crippen molar-refractivity contribution in [1.29, 1.82) is 0 Å². The maximum atomic E-state index is 13.5.